The zero-order valence-corrected chi connectivity index (χ0v) is 5.83. The van der Waals surface area contributed by atoms with E-state index in [9.17, 15) is 13.2 Å². The summed E-state index contributed by atoms with van der Waals surface area (Å²) in [6, 6.07) is 0. The Hall–Kier alpha value is -0.890. The molecular formula is C3H3F3N4S. The van der Waals surface area contributed by atoms with Crippen LogP contribution in [0.2, 0.25) is 0 Å². The highest BCUT2D eigenvalue weighted by atomic mass is 32.1. The predicted molar refractivity (Wildman–Crippen MR) is 32.7 cm³/mol. The summed E-state index contributed by atoms with van der Waals surface area (Å²) < 4.78 is 38.3. The Bertz CT molecular complexity index is 243. The SMILES string of the molecule is NNc1nc(C(F)(F)F)ns1. The molecule has 11 heavy (non-hydrogen) atoms. The van der Waals surface area contributed by atoms with Crippen LogP contribution in [0.1, 0.15) is 5.82 Å². The van der Waals surface area contributed by atoms with Crippen LogP contribution >= 0.6 is 11.5 Å². The standard InChI is InChI=1S/C3H3F3N4S/c4-3(5,6)1-8-2(9-7)11-10-1/h7H2,(H,8,9,10). The van der Waals surface area contributed by atoms with Crippen LogP contribution in [0.5, 0.6) is 0 Å². The third kappa shape index (κ3) is 1.77. The summed E-state index contributed by atoms with van der Waals surface area (Å²) >= 11 is 0.559. The summed E-state index contributed by atoms with van der Waals surface area (Å²) in [7, 11) is 0. The molecule has 1 heterocycles. The lowest BCUT2D eigenvalue weighted by molar-refractivity contribution is -0.144. The highest BCUT2D eigenvalue weighted by Gasteiger charge is 2.35. The van der Waals surface area contributed by atoms with Crippen molar-refractivity contribution in [1.82, 2.24) is 9.36 Å². The van der Waals surface area contributed by atoms with Gasteiger partial charge in [0.25, 0.3) is 0 Å². The second-order valence-electron chi connectivity index (χ2n) is 1.57. The smallest absolute Gasteiger partial charge is 0.299 e. The molecular weight excluding hydrogens is 181 g/mol. The van der Waals surface area contributed by atoms with Crippen molar-refractivity contribution in [2.75, 3.05) is 5.43 Å². The van der Waals surface area contributed by atoms with Crippen molar-refractivity contribution in [3.8, 4) is 0 Å². The van der Waals surface area contributed by atoms with Crippen molar-refractivity contribution in [2.24, 2.45) is 5.84 Å². The molecule has 0 amide bonds. The van der Waals surface area contributed by atoms with E-state index in [2.05, 4.69) is 9.36 Å². The predicted octanol–water partition coefficient (Wildman–Crippen LogP) is 0.843. The van der Waals surface area contributed by atoms with Crippen molar-refractivity contribution in [1.29, 1.82) is 0 Å². The Morgan fingerprint density at radius 2 is 2.09 bits per heavy atom. The minimum Gasteiger partial charge on any atom is -0.299 e. The van der Waals surface area contributed by atoms with Gasteiger partial charge in [0, 0.05) is 11.5 Å². The maximum absolute atomic E-state index is 11.8. The number of halogens is 3. The normalized spacial score (nSPS) is 11.6. The molecule has 1 aromatic rings. The van der Waals surface area contributed by atoms with Gasteiger partial charge in [-0.2, -0.15) is 22.5 Å². The van der Waals surface area contributed by atoms with Crippen LogP contribution in [-0.2, 0) is 6.18 Å². The molecule has 0 atom stereocenters. The first-order valence-electron chi connectivity index (χ1n) is 2.41. The van der Waals surface area contributed by atoms with Gasteiger partial charge in [0.2, 0.25) is 11.0 Å². The van der Waals surface area contributed by atoms with Gasteiger partial charge in [-0.05, 0) is 0 Å². The number of hydrazine groups is 1. The third-order valence-corrected chi connectivity index (χ3v) is 1.45. The van der Waals surface area contributed by atoms with Gasteiger partial charge in [0.05, 0.1) is 0 Å². The number of hydrogen-bond acceptors (Lipinski definition) is 5. The van der Waals surface area contributed by atoms with Gasteiger partial charge in [-0.25, -0.2) is 5.84 Å². The van der Waals surface area contributed by atoms with E-state index in [-0.39, 0.29) is 5.13 Å². The van der Waals surface area contributed by atoms with Crippen molar-refractivity contribution in [3.63, 3.8) is 0 Å². The fourth-order valence-corrected chi connectivity index (χ4v) is 0.895. The monoisotopic (exact) mass is 184 g/mol. The largest absolute Gasteiger partial charge is 0.452 e. The van der Waals surface area contributed by atoms with E-state index in [0.717, 1.165) is 0 Å². The number of nitrogens with two attached hydrogens (primary N) is 1. The van der Waals surface area contributed by atoms with E-state index in [0.29, 0.717) is 11.5 Å². The number of rotatable bonds is 1. The number of aromatic nitrogens is 2. The number of nitrogen functional groups attached to an aromatic ring is 1. The maximum atomic E-state index is 11.8. The number of nitrogens with one attached hydrogen (secondary N) is 1. The fraction of sp³-hybridized carbons (Fsp3) is 0.333. The molecule has 0 aromatic carbocycles. The Morgan fingerprint density at radius 1 is 1.45 bits per heavy atom. The van der Waals surface area contributed by atoms with E-state index in [1.807, 2.05) is 5.43 Å². The molecule has 0 saturated heterocycles. The van der Waals surface area contributed by atoms with Crippen LogP contribution in [0, 0.1) is 0 Å². The van der Waals surface area contributed by atoms with Crippen molar-refractivity contribution in [2.45, 2.75) is 6.18 Å². The lowest BCUT2D eigenvalue weighted by Gasteiger charge is -1.97. The van der Waals surface area contributed by atoms with Crippen LogP contribution in [0.15, 0.2) is 0 Å². The number of alkyl halides is 3. The van der Waals surface area contributed by atoms with Gasteiger partial charge >= 0.3 is 6.18 Å². The Morgan fingerprint density at radius 3 is 2.36 bits per heavy atom. The Balaban J connectivity index is 2.89. The molecule has 0 fully saturated rings. The molecule has 0 bridgehead atoms. The molecule has 62 valence electrons. The van der Waals surface area contributed by atoms with Crippen LogP contribution in [0.4, 0.5) is 18.3 Å². The molecule has 0 saturated carbocycles. The van der Waals surface area contributed by atoms with E-state index < -0.39 is 12.0 Å². The number of nitrogens with zero attached hydrogens (tertiary/aromatic N) is 2. The van der Waals surface area contributed by atoms with E-state index in [1.54, 1.807) is 0 Å². The van der Waals surface area contributed by atoms with Crippen LogP contribution < -0.4 is 11.3 Å². The van der Waals surface area contributed by atoms with E-state index in [1.165, 1.54) is 0 Å². The third-order valence-electron chi connectivity index (χ3n) is 0.803. The minimum absolute atomic E-state index is 0.0580. The Labute approximate surface area is 63.4 Å². The summed E-state index contributed by atoms with van der Waals surface area (Å²) in [4.78, 5) is 3.05. The lowest BCUT2D eigenvalue weighted by Crippen LogP contribution is -2.09. The number of anilines is 1. The molecule has 1 rings (SSSR count). The average Bonchev–Trinajstić information content (AvgIpc) is 2.32. The first-order chi connectivity index (χ1) is 5.04. The topological polar surface area (TPSA) is 63.8 Å². The number of hydrogen-bond donors (Lipinski definition) is 2. The molecule has 0 unspecified atom stereocenters. The zero-order valence-electron chi connectivity index (χ0n) is 5.01. The first kappa shape index (κ1) is 8.21. The summed E-state index contributed by atoms with van der Waals surface area (Å²) in [5.74, 6) is 3.63. The molecule has 8 heteroatoms. The second kappa shape index (κ2) is 2.62. The van der Waals surface area contributed by atoms with Crippen molar-refractivity contribution in [3.05, 3.63) is 5.82 Å². The maximum Gasteiger partial charge on any atom is 0.452 e. The fourth-order valence-electron chi connectivity index (χ4n) is 0.397. The van der Waals surface area contributed by atoms with Crippen LogP contribution in [0.3, 0.4) is 0 Å². The van der Waals surface area contributed by atoms with Gasteiger partial charge < -0.3 is 0 Å². The van der Waals surface area contributed by atoms with Gasteiger partial charge in [-0.3, -0.25) is 5.43 Å². The quantitative estimate of drug-likeness (QED) is 0.501. The summed E-state index contributed by atoms with van der Waals surface area (Å²) in [6.07, 6.45) is -4.49. The molecule has 0 radical (unpaired) electrons. The summed E-state index contributed by atoms with van der Waals surface area (Å²) in [6.45, 7) is 0. The first-order valence-corrected chi connectivity index (χ1v) is 3.19. The summed E-state index contributed by atoms with van der Waals surface area (Å²) in [5, 5.41) is -0.0580. The van der Waals surface area contributed by atoms with Gasteiger partial charge in [0.1, 0.15) is 0 Å². The van der Waals surface area contributed by atoms with Gasteiger partial charge in [-0.1, -0.05) is 0 Å². The molecule has 0 aliphatic rings. The molecule has 3 N–H and O–H groups in total. The van der Waals surface area contributed by atoms with E-state index in [4.69, 9.17) is 5.84 Å². The molecule has 4 nitrogen and oxygen atoms in total. The molecule has 0 aliphatic carbocycles. The van der Waals surface area contributed by atoms with Crippen molar-refractivity contribution < 1.29 is 13.2 Å². The average molecular weight is 184 g/mol. The zero-order chi connectivity index (χ0) is 8.48. The highest BCUT2D eigenvalue weighted by molar-refractivity contribution is 7.09. The minimum atomic E-state index is -4.49. The van der Waals surface area contributed by atoms with Gasteiger partial charge in [0.15, 0.2) is 0 Å². The molecule has 1 aromatic heterocycles. The molecule has 0 spiro atoms. The van der Waals surface area contributed by atoms with Crippen LogP contribution in [-0.4, -0.2) is 9.36 Å². The van der Waals surface area contributed by atoms with E-state index >= 15 is 0 Å². The second-order valence-corrected chi connectivity index (χ2v) is 2.32. The van der Waals surface area contributed by atoms with Crippen molar-refractivity contribution >= 4 is 16.7 Å². The summed E-state index contributed by atoms with van der Waals surface area (Å²) in [5.41, 5.74) is 1.96. The van der Waals surface area contributed by atoms with Crippen LogP contribution in [0.25, 0.3) is 0 Å². The van der Waals surface area contributed by atoms with Gasteiger partial charge in [-0.15, -0.1) is 0 Å². The lowest BCUT2D eigenvalue weighted by atomic mass is 10.6. The molecule has 0 aliphatic heterocycles. The Kier molecular flexibility index (Phi) is 1.96. The highest BCUT2D eigenvalue weighted by Crippen LogP contribution is 2.28.